The van der Waals surface area contributed by atoms with Crippen LogP contribution in [0.4, 0.5) is 5.69 Å². The van der Waals surface area contributed by atoms with Crippen LogP contribution in [0.1, 0.15) is 128 Å². The molecule has 3 atom stereocenters. The topological polar surface area (TPSA) is 146 Å². The van der Waals surface area contributed by atoms with E-state index in [4.69, 9.17) is 14.2 Å². The van der Waals surface area contributed by atoms with Gasteiger partial charge in [0.15, 0.2) is 0 Å². The van der Waals surface area contributed by atoms with E-state index >= 15 is 0 Å². The van der Waals surface area contributed by atoms with Crippen LogP contribution < -0.4 is 16.2 Å². The highest BCUT2D eigenvalue weighted by Gasteiger charge is 2.29. The number of aliphatic hydroxyl groups is 2. The van der Waals surface area contributed by atoms with Crippen molar-refractivity contribution >= 4 is 13.3 Å². The molecular weight excluding hydrogens is 555 g/mol. The first-order valence-corrected chi connectivity index (χ1v) is 18.4. The van der Waals surface area contributed by atoms with Crippen LogP contribution in [-0.2, 0) is 13.6 Å². The average Bonchev–Trinajstić information content (AvgIpc) is 3.38. The van der Waals surface area contributed by atoms with E-state index in [0.29, 0.717) is 32.0 Å². The molecule has 0 saturated heterocycles. The molecule has 0 spiro atoms. The zero-order valence-corrected chi connectivity index (χ0v) is 27.0. The number of aliphatic hydroxyl groups excluding tert-OH is 2. The molecule has 5 N–H and O–H groups in total. The van der Waals surface area contributed by atoms with E-state index in [2.05, 4.69) is 20.6 Å². The molecule has 2 heterocycles. The molecule has 0 bridgehead atoms. The molecule has 1 aliphatic rings. The summed E-state index contributed by atoms with van der Waals surface area (Å²) < 4.78 is 24.3. The van der Waals surface area contributed by atoms with Crippen molar-refractivity contribution in [2.45, 2.75) is 128 Å². The normalized spacial score (nSPS) is 16.7. The maximum absolute atomic E-state index is 13.1. The van der Waals surface area contributed by atoms with Gasteiger partial charge in [0.2, 0.25) is 0 Å². The second kappa shape index (κ2) is 23.1. The third-order valence-electron chi connectivity index (χ3n) is 7.92. The van der Waals surface area contributed by atoms with Gasteiger partial charge in [-0.25, -0.2) is 4.98 Å². The standard InChI is InChI=1S/C31H59N4O6P/c1-2-40-42(39,25-28(37)24-32-22-27-23-33-30-29(27)34-26-35-31(30)38)41-21-19-17-15-13-11-9-7-5-3-4-6-8-10-12-14-16-18-20-36/h26-28,32-33,36-37H,2-25H2,1H3,(H,34,35,38). The molecule has 0 aliphatic carbocycles. The molecule has 244 valence electrons. The second-order valence-electron chi connectivity index (χ2n) is 11.7. The van der Waals surface area contributed by atoms with Gasteiger partial charge in [0.1, 0.15) is 5.69 Å². The summed E-state index contributed by atoms with van der Waals surface area (Å²) in [4.78, 5) is 18.7. The van der Waals surface area contributed by atoms with Crippen LogP contribution in [0.15, 0.2) is 11.1 Å². The molecule has 3 unspecified atom stereocenters. The van der Waals surface area contributed by atoms with Crippen LogP contribution in [0.5, 0.6) is 0 Å². The van der Waals surface area contributed by atoms with E-state index in [1.165, 1.54) is 89.8 Å². The molecule has 0 aromatic carbocycles. The van der Waals surface area contributed by atoms with Crippen LogP contribution in [0.3, 0.4) is 0 Å². The number of nitrogens with one attached hydrogen (secondary N) is 3. The number of nitrogens with zero attached hydrogens (tertiary/aromatic N) is 1. The molecule has 10 nitrogen and oxygen atoms in total. The Morgan fingerprint density at radius 2 is 1.48 bits per heavy atom. The first kappa shape index (κ1) is 36.9. The number of hydrogen-bond donors (Lipinski definition) is 5. The largest absolute Gasteiger partial charge is 0.396 e. The first-order chi connectivity index (χ1) is 20.5. The summed E-state index contributed by atoms with van der Waals surface area (Å²) in [5, 5.41) is 25.6. The lowest BCUT2D eigenvalue weighted by molar-refractivity contribution is 0.162. The molecule has 1 aromatic rings. The fraction of sp³-hybridized carbons (Fsp3) is 0.871. The highest BCUT2D eigenvalue weighted by Crippen LogP contribution is 2.48. The number of fused-ring (bicyclic) bond motifs is 1. The smallest absolute Gasteiger partial charge is 0.333 e. The Morgan fingerprint density at radius 1 is 0.929 bits per heavy atom. The maximum Gasteiger partial charge on any atom is 0.333 e. The van der Waals surface area contributed by atoms with E-state index < -0.39 is 13.7 Å². The Kier molecular flexibility index (Phi) is 20.3. The SMILES string of the molecule is CCOP(=O)(CC(O)CNCC1CNc2c1nc[nH]c2=O)OCCCCCCCCCCCCCCCCCCCO. The zero-order chi connectivity index (χ0) is 30.3. The molecule has 1 aliphatic heterocycles. The van der Waals surface area contributed by atoms with Crippen molar-refractivity contribution in [3.05, 3.63) is 22.4 Å². The van der Waals surface area contributed by atoms with Crippen molar-refractivity contribution < 1.29 is 23.8 Å². The minimum Gasteiger partial charge on any atom is -0.396 e. The van der Waals surface area contributed by atoms with E-state index in [1.807, 2.05) is 0 Å². The van der Waals surface area contributed by atoms with E-state index in [-0.39, 0.29) is 30.8 Å². The third kappa shape index (κ3) is 16.0. The van der Waals surface area contributed by atoms with Crippen molar-refractivity contribution in [1.29, 1.82) is 0 Å². The van der Waals surface area contributed by atoms with Crippen molar-refractivity contribution in [2.24, 2.45) is 0 Å². The Morgan fingerprint density at radius 3 is 2.02 bits per heavy atom. The lowest BCUT2D eigenvalue weighted by atomic mass is 10.0. The first-order valence-electron chi connectivity index (χ1n) is 16.7. The molecule has 0 amide bonds. The van der Waals surface area contributed by atoms with Gasteiger partial charge in [-0.05, 0) is 19.8 Å². The zero-order valence-electron chi connectivity index (χ0n) is 26.1. The van der Waals surface area contributed by atoms with Gasteiger partial charge in [-0.1, -0.05) is 96.3 Å². The fourth-order valence-corrected chi connectivity index (χ4v) is 7.27. The third-order valence-corrected chi connectivity index (χ3v) is 10.0. The maximum atomic E-state index is 13.1. The highest BCUT2D eigenvalue weighted by molar-refractivity contribution is 7.53. The molecule has 11 heteroatoms. The Labute approximate surface area is 253 Å². The fourth-order valence-electron chi connectivity index (χ4n) is 5.54. The Hall–Kier alpha value is -1.29. The number of hydrogen-bond acceptors (Lipinski definition) is 9. The number of anilines is 1. The van der Waals surface area contributed by atoms with Gasteiger partial charge in [0.05, 0.1) is 37.5 Å². The van der Waals surface area contributed by atoms with Crippen LogP contribution in [0.25, 0.3) is 0 Å². The Balaban J connectivity index is 1.43. The van der Waals surface area contributed by atoms with E-state index in [1.54, 1.807) is 6.92 Å². The lowest BCUT2D eigenvalue weighted by Crippen LogP contribution is -2.33. The number of unbranched alkanes of at least 4 members (excludes halogenated alkanes) is 16. The summed E-state index contributed by atoms with van der Waals surface area (Å²) in [6.45, 7) is 4.17. The predicted molar refractivity (Wildman–Crippen MR) is 171 cm³/mol. The summed E-state index contributed by atoms with van der Waals surface area (Å²) in [6.07, 6.45) is 21.6. The van der Waals surface area contributed by atoms with Crippen molar-refractivity contribution in [3.8, 4) is 0 Å². The van der Waals surface area contributed by atoms with Crippen LogP contribution in [0, 0.1) is 0 Å². The molecule has 1 aromatic heterocycles. The summed E-state index contributed by atoms with van der Waals surface area (Å²) in [5.41, 5.74) is 1.06. The quantitative estimate of drug-likeness (QED) is 0.0558. The Bertz CT molecular complexity index is 918. The molecule has 0 saturated carbocycles. The van der Waals surface area contributed by atoms with Crippen LogP contribution in [0.2, 0.25) is 0 Å². The minimum absolute atomic E-state index is 0.0310. The summed E-state index contributed by atoms with van der Waals surface area (Å²) >= 11 is 0. The summed E-state index contributed by atoms with van der Waals surface area (Å²) in [7, 11) is -3.36. The van der Waals surface area contributed by atoms with E-state index in [9.17, 15) is 14.5 Å². The van der Waals surface area contributed by atoms with Gasteiger partial charge < -0.3 is 34.9 Å². The van der Waals surface area contributed by atoms with Crippen LogP contribution >= 0.6 is 7.60 Å². The van der Waals surface area contributed by atoms with Gasteiger partial charge in [-0.3, -0.25) is 9.36 Å². The molecule has 2 rings (SSSR count). The lowest BCUT2D eigenvalue weighted by Gasteiger charge is -2.21. The van der Waals surface area contributed by atoms with Gasteiger partial charge in [0.25, 0.3) is 5.56 Å². The van der Waals surface area contributed by atoms with Crippen molar-refractivity contribution in [2.75, 3.05) is 50.9 Å². The monoisotopic (exact) mass is 614 g/mol. The van der Waals surface area contributed by atoms with Crippen molar-refractivity contribution in [3.63, 3.8) is 0 Å². The minimum atomic E-state index is -3.36. The molecule has 42 heavy (non-hydrogen) atoms. The molecule has 0 fully saturated rings. The average molecular weight is 615 g/mol. The number of rotatable bonds is 28. The number of aromatic amines is 1. The summed E-state index contributed by atoms with van der Waals surface area (Å²) in [5.74, 6) is 0.0310. The van der Waals surface area contributed by atoms with Crippen LogP contribution in [-0.4, -0.2) is 71.9 Å². The second-order valence-corrected chi connectivity index (χ2v) is 13.8. The highest BCUT2D eigenvalue weighted by atomic mass is 31.2. The van der Waals surface area contributed by atoms with Gasteiger partial charge >= 0.3 is 7.60 Å². The van der Waals surface area contributed by atoms with Crippen molar-refractivity contribution in [1.82, 2.24) is 15.3 Å². The number of H-pyrrole nitrogens is 1. The van der Waals surface area contributed by atoms with E-state index in [0.717, 1.165) is 31.4 Å². The number of aromatic nitrogens is 2. The summed E-state index contributed by atoms with van der Waals surface area (Å²) in [6, 6.07) is 0. The van der Waals surface area contributed by atoms with Gasteiger partial charge in [0, 0.05) is 32.2 Å². The van der Waals surface area contributed by atoms with Gasteiger partial charge in [-0.15, -0.1) is 0 Å². The molecule has 0 radical (unpaired) electrons. The molecular formula is C31H59N4O6P. The van der Waals surface area contributed by atoms with Gasteiger partial charge in [-0.2, -0.15) is 0 Å². The predicted octanol–water partition coefficient (Wildman–Crippen LogP) is 6.10.